The first-order valence-electron chi connectivity index (χ1n) is 2.88. The number of nitrogens with zero attached hydrogens (tertiary/aromatic N) is 1. The van der Waals surface area contributed by atoms with Gasteiger partial charge < -0.3 is 0 Å². The van der Waals surface area contributed by atoms with E-state index in [0.717, 1.165) is 11.1 Å². The molecule has 0 fully saturated rings. The molecular weight excluding hydrogens is 102 g/mol. The van der Waals surface area contributed by atoms with Crippen molar-refractivity contribution >= 4 is 0 Å². The van der Waals surface area contributed by atoms with Crippen LogP contribution in [0.25, 0.3) is 0 Å². The molecule has 0 amide bonds. The molecule has 0 spiro atoms. The first kappa shape index (κ1) is 7.88. The van der Waals surface area contributed by atoms with Gasteiger partial charge in [-0.05, 0) is 0 Å². The quantitative estimate of drug-likeness (QED) is 0.393. The number of quaternary nitrogens is 1. The van der Waals surface area contributed by atoms with Crippen molar-refractivity contribution in [1.29, 1.82) is 0 Å². The Hall–Kier alpha value is -0.120. The second-order valence-corrected chi connectivity index (χ2v) is 2.65. The SMILES string of the molecule is CCNN[N+](C)(C)C. The Kier molecular flexibility index (Phi) is 2.97. The molecule has 3 nitrogen and oxygen atoms in total. The van der Waals surface area contributed by atoms with E-state index in [0.29, 0.717) is 0 Å². The molecule has 0 aromatic heterocycles. The van der Waals surface area contributed by atoms with Gasteiger partial charge in [0.25, 0.3) is 0 Å². The number of hydrogen-bond donors (Lipinski definition) is 2. The molecule has 0 unspecified atom stereocenters. The van der Waals surface area contributed by atoms with E-state index in [4.69, 9.17) is 0 Å². The third-order valence-electron chi connectivity index (χ3n) is 0.591. The first-order chi connectivity index (χ1) is 3.56. The van der Waals surface area contributed by atoms with Crippen molar-refractivity contribution in [1.82, 2.24) is 11.0 Å². The Bertz CT molecular complexity index is 55.2. The molecule has 0 heterocycles. The minimum absolute atomic E-state index is 0.744. The Morgan fingerprint density at radius 3 is 1.88 bits per heavy atom. The average molecular weight is 118 g/mol. The summed E-state index contributed by atoms with van der Waals surface area (Å²) in [5, 5.41) is 0. The van der Waals surface area contributed by atoms with E-state index in [1.165, 1.54) is 0 Å². The van der Waals surface area contributed by atoms with Gasteiger partial charge in [-0.25, -0.2) is 10.0 Å². The van der Waals surface area contributed by atoms with Gasteiger partial charge in [-0.2, -0.15) is 0 Å². The van der Waals surface area contributed by atoms with E-state index in [1.54, 1.807) is 0 Å². The Labute approximate surface area is 51.2 Å². The van der Waals surface area contributed by atoms with Crippen LogP contribution in [0.5, 0.6) is 0 Å². The molecule has 0 rings (SSSR count). The molecule has 50 valence electrons. The maximum Gasteiger partial charge on any atom is 0.0865 e. The molecular formula is C5H16N3+. The Morgan fingerprint density at radius 1 is 1.25 bits per heavy atom. The van der Waals surface area contributed by atoms with Crippen LogP contribution in [0.3, 0.4) is 0 Å². The molecule has 0 atom stereocenters. The van der Waals surface area contributed by atoms with Crippen LogP contribution in [-0.4, -0.2) is 32.3 Å². The van der Waals surface area contributed by atoms with Crippen molar-refractivity contribution in [3.8, 4) is 0 Å². The number of hydrogen-bond acceptors (Lipinski definition) is 2. The molecule has 0 saturated carbocycles. The zero-order valence-corrected chi connectivity index (χ0v) is 6.15. The molecule has 0 aromatic rings. The van der Waals surface area contributed by atoms with E-state index in [1.807, 2.05) is 0 Å². The lowest BCUT2D eigenvalue weighted by Gasteiger charge is -2.23. The van der Waals surface area contributed by atoms with E-state index < -0.39 is 0 Å². The molecule has 0 aliphatic heterocycles. The van der Waals surface area contributed by atoms with Crippen molar-refractivity contribution in [3.05, 3.63) is 0 Å². The highest BCUT2D eigenvalue weighted by Crippen LogP contribution is 1.74. The second kappa shape index (κ2) is 3.02. The molecule has 0 aromatic carbocycles. The maximum atomic E-state index is 3.06. The summed E-state index contributed by atoms with van der Waals surface area (Å²) in [5.41, 5.74) is 6.07. The van der Waals surface area contributed by atoms with Gasteiger partial charge >= 0.3 is 0 Å². The summed E-state index contributed by atoms with van der Waals surface area (Å²) in [4.78, 5) is 0. The van der Waals surface area contributed by atoms with Gasteiger partial charge in [0.05, 0.1) is 21.1 Å². The number of nitrogens with one attached hydrogen (secondary N) is 2. The van der Waals surface area contributed by atoms with Crippen LogP contribution in [0, 0.1) is 0 Å². The predicted molar refractivity (Wildman–Crippen MR) is 34.8 cm³/mol. The van der Waals surface area contributed by atoms with Crippen LogP contribution in [0.2, 0.25) is 0 Å². The Morgan fingerprint density at radius 2 is 1.75 bits per heavy atom. The van der Waals surface area contributed by atoms with E-state index >= 15 is 0 Å². The fourth-order valence-electron chi connectivity index (χ4n) is 0.316. The largest absolute Gasteiger partial charge is 0.239 e. The third kappa shape index (κ3) is 5.88. The molecule has 0 saturated heterocycles. The lowest BCUT2D eigenvalue weighted by molar-refractivity contribution is -0.921. The summed E-state index contributed by atoms with van der Waals surface area (Å²) >= 11 is 0. The van der Waals surface area contributed by atoms with Gasteiger partial charge in [0, 0.05) is 6.54 Å². The van der Waals surface area contributed by atoms with Gasteiger partial charge in [-0.1, -0.05) is 12.5 Å². The van der Waals surface area contributed by atoms with Crippen LogP contribution in [0.1, 0.15) is 6.92 Å². The molecule has 0 aliphatic rings. The van der Waals surface area contributed by atoms with Crippen molar-refractivity contribution < 1.29 is 4.59 Å². The number of hydrazine groups is 1. The molecule has 2 N–H and O–H groups in total. The van der Waals surface area contributed by atoms with Gasteiger partial charge in [0.2, 0.25) is 0 Å². The highest BCUT2D eigenvalue weighted by Gasteiger charge is 2.01. The summed E-state index contributed by atoms with van der Waals surface area (Å²) in [6.45, 7) is 3.01. The lowest BCUT2D eigenvalue weighted by Crippen LogP contribution is -2.54. The minimum Gasteiger partial charge on any atom is -0.239 e. The summed E-state index contributed by atoms with van der Waals surface area (Å²) < 4.78 is 0.744. The molecule has 0 bridgehead atoms. The van der Waals surface area contributed by atoms with Crippen LogP contribution in [0.15, 0.2) is 0 Å². The third-order valence-corrected chi connectivity index (χ3v) is 0.591. The highest BCUT2D eigenvalue weighted by atomic mass is 15.8. The normalized spacial score (nSPS) is 12.0. The summed E-state index contributed by atoms with van der Waals surface area (Å²) in [5.74, 6) is 0. The van der Waals surface area contributed by atoms with Crippen molar-refractivity contribution in [2.24, 2.45) is 0 Å². The summed E-state index contributed by atoms with van der Waals surface area (Å²) in [6.07, 6.45) is 0. The van der Waals surface area contributed by atoms with E-state index in [-0.39, 0.29) is 0 Å². The summed E-state index contributed by atoms with van der Waals surface area (Å²) in [7, 11) is 6.17. The lowest BCUT2D eigenvalue weighted by atomic mass is 10.8. The summed E-state index contributed by atoms with van der Waals surface area (Å²) in [6, 6.07) is 0. The first-order valence-corrected chi connectivity index (χ1v) is 2.88. The van der Waals surface area contributed by atoms with Crippen molar-refractivity contribution in [2.75, 3.05) is 27.7 Å². The zero-order chi connectivity index (χ0) is 6.62. The molecule has 3 heteroatoms. The van der Waals surface area contributed by atoms with Gasteiger partial charge in [0.1, 0.15) is 0 Å². The average Bonchev–Trinajstić information content (AvgIpc) is 1.59. The van der Waals surface area contributed by atoms with Gasteiger partial charge in [0.15, 0.2) is 0 Å². The predicted octanol–water partition coefficient (Wildman–Crippen LogP) is -0.278. The van der Waals surface area contributed by atoms with Gasteiger partial charge in [-0.15, -0.1) is 0 Å². The van der Waals surface area contributed by atoms with Gasteiger partial charge in [-0.3, -0.25) is 0 Å². The monoisotopic (exact) mass is 118 g/mol. The maximum absolute atomic E-state index is 3.06. The van der Waals surface area contributed by atoms with E-state index in [2.05, 4.69) is 39.0 Å². The second-order valence-electron chi connectivity index (χ2n) is 2.65. The van der Waals surface area contributed by atoms with E-state index in [9.17, 15) is 0 Å². The number of rotatable bonds is 3. The molecule has 8 heavy (non-hydrogen) atoms. The standard InChI is InChI=1S/C5H16N3/c1-5-6-7-8(2,3)4/h6-7H,5H2,1-4H3/q+1. The Balaban J connectivity index is 3.11. The molecule has 0 radical (unpaired) electrons. The van der Waals surface area contributed by atoms with Crippen LogP contribution >= 0.6 is 0 Å². The zero-order valence-electron chi connectivity index (χ0n) is 6.15. The topological polar surface area (TPSA) is 24.1 Å². The fraction of sp³-hybridized carbons (Fsp3) is 1.00. The van der Waals surface area contributed by atoms with Crippen LogP contribution in [-0.2, 0) is 0 Å². The fourth-order valence-corrected chi connectivity index (χ4v) is 0.316. The van der Waals surface area contributed by atoms with Crippen LogP contribution in [0.4, 0.5) is 0 Å². The highest BCUT2D eigenvalue weighted by molar-refractivity contribution is 4.15. The smallest absolute Gasteiger partial charge is 0.0865 e. The van der Waals surface area contributed by atoms with Crippen LogP contribution < -0.4 is 11.0 Å². The van der Waals surface area contributed by atoms with Crippen molar-refractivity contribution in [2.45, 2.75) is 6.92 Å². The minimum atomic E-state index is 0.744. The molecule has 0 aliphatic carbocycles. The van der Waals surface area contributed by atoms with Crippen molar-refractivity contribution in [3.63, 3.8) is 0 Å².